The van der Waals surface area contributed by atoms with Crippen molar-refractivity contribution in [1.82, 2.24) is 19.9 Å². The van der Waals surface area contributed by atoms with Gasteiger partial charge >= 0.3 is 0 Å². The predicted octanol–water partition coefficient (Wildman–Crippen LogP) is 4.93. The lowest BCUT2D eigenvalue weighted by atomic mass is 10.2. The molecule has 3 aromatic carbocycles. The number of benzene rings is 3. The highest BCUT2D eigenvalue weighted by molar-refractivity contribution is 5.97. The van der Waals surface area contributed by atoms with Gasteiger partial charge in [-0.2, -0.15) is 0 Å². The Kier molecular flexibility index (Phi) is 5.80. The highest BCUT2D eigenvalue weighted by Crippen LogP contribution is 2.22. The standard InChI is InChI=1S/C27H22N4O2/c32-27(29-17-22-8-4-5-15-28-22)21-9-14-26-25(16-21)30-19-31(26)23-10-12-24(13-11-23)33-18-20-6-2-1-3-7-20/h1-16,19H,17-18H2,(H,29,32). The lowest BCUT2D eigenvalue weighted by molar-refractivity contribution is 0.0950. The van der Waals surface area contributed by atoms with Gasteiger partial charge in [0, 0.05) is 17.4 Å². The van der Waals surface area contributed by atoms with Crippen LogP contribution in [0.4, 0.5) is 0 Å². The molecule has 2 aromatic heterocycles. The number of hydrogen-bond donors (Lipinski definition) is 1. The van der Waals surface area contributed by atoms with Crippen LogP contribution >= 0.6 is 0 Å². The summed E-state index contributed by atoms with van der Waals surface area (Å²) in [4.78, 5) is 21.3. The highest BCUT2D eigenvalue weighted by atomic mass is 16.5. The summed E-state index contributed by atoms with van der Waals surface area (Å²) in [6, 6.07) is 29.1. The van der Waals surface area contributed by atoms with Crippen molar-refractivity contribution in [2.75, 3.05) is 0 Å². The number of rotatable bonds is 7. The van der Waals surface area contributed by atoms with E-state index >= 15 is 0 Å². The quantitative estimate of drug-likeness (QED) is 0.394. The van der Waals surface area contributed by atoms with E-state index in [-0.39, 0.29) is 5.91 Å². The van der Waals surface area contributed by atoms with Crippen molar-refractivity contribution >= 4 is 16.9 Å². The zero-order chi connectivity index (χ0) is 22.5. The molecule has 0 aliphatic carbocycles. The number of carbonyl (C=O) groups is 1. The van der Waals surface area contributed by atoms with Crippen LogP contribution in [-0.4, -0.2) is 20.4 Å². The fourth-order valence-corrected chi connectivity index (χ4v) is 3.58. The Morgan fingerprint density at radius 1 is 0.879 bits per heavy atom. The van der Waals surface area contributed by atoms with Gasteiger partial charge in [-0.1, -0.05) is 36.4 Å². The van der Waals surface area contributed by atoms with Crippen molar-refractivity contribution in [2.45, 2.75) is 13.2 Å². The van der Waals surface area contributed by atoms with Gasteiger partial charge < -0.3 is 10.1 Å². The third-order valence-electron chi connectivity index (χ3n) is 5.33. The highest BCUT2D eigenvalue weighted by Gasteiger charge is 2.10. The predicted molar refractivity (Wildman–Crippen MR) is 127 cm³/mol. The lowest BCUT2D eigenvalue weighted by Crippen LogP contribution is -2.23. The Hall–Kier alpha value is -4.45. The minimum absolute atomic E-state index is 0.156. The molecule has 2 heterocycles. The lowest BCUT2D eigenvalue weighted by Gasteiger charge is -2.09. The van der Waals surface area contributed by atoms with Crippen LogP contribution in [0.2, 0.25) is 0 Å². The third-order valence-corrected chi connectivity index (χ3v) is 5.33. The molecule has 0 bridgehead atoms. The molecule has 0 radical (unpaired) electrons. The van der Waals surface area contributed by atoms with Gasteiger partial charge in [0.25, 0.3) is 5.91 Å². The number of imidazole rings is 1. The maximum absolute atomic E-state index is 12.6. The second-order valence-corrected chi connectivity index (χ2v) is 7.59. The van der Waals surface area contributed by atoms with Gasteiger partial charge in [-0.3, -0.25) is 14.3 Å². The van der Waals surface area contributed by atoms with Gasteiger partial charge in [0.15, 0.2) is 0 Å². The molecule has 0 atom stereocenters. The first-order chi connectivity index (χ1) is 16.3. The number of pyridine rings is 1. The molecule has 162 valence electrons. The van der Waals surface area contributed by atoms with Crippen LogP contribution < -0.4 is 10.1 Å². The van der Waals surface area contributed by atoms with E-state index in [2.05, 4.69) is 15.3 Å². The van der Waals surface area contributed by atoms with E-state index in [4.69, 9.17) is 4.74 Å². The molecule has 6 heteroatoms. The Labute approximate surface area is 191 Å². The van der Waals surface area contributed by atoms with Crippen molar-refractivity contribution < 1.29 is 9.53 Å². The van der Waals surface area contributed by atoms with Crippen LogP contribution in [0.15, 0.2) is 104 Å². The van der Waals surface area contributed by atoms with Crippen molar-refractivity contribution in [1.29, 1.82) is 0 Å². The fourth-order valence-electron chi connectivity index (χ4n) is 3.58. The van der Waals surface area contributed by atoms with E-state index in [0.29, 0.717) is 18.7 Å². The Morgan fingerprint density at radius 2 is 1.70 bits per heavy atom. The van der Waals surface area contributed by atoms with Crippen molar-refractivity contribution in [3.05, 3.63) is 120 Å². The fraction of sp³-hybridized carbons (Fsp3) is 0.0741. The van der Waals surface area contributed by atoms with Crippen LogP contribution in [0.1, 0.15) is 21.6 Å². The van der Waals surface area contributed by atoms with Crippen LogP contribution in [0.3, 0.4) is 0 Å². The summed E-state index contributed by atoms with van der Waals surface area (Å²) in [5, 5.41) is 2.90. The number of aromatic nitrogens is 3. The molecule has 6 nitrogen and oxygen atoms in total. The summed E-state index contributed by atoms with van der Waals surface area (Å²) < 4.78 is 7.87. The minimum Gasteiger partial charge on any atom is -0.489 e. The molecule has 0 spiro atoms. The van der Waals surface area contributed by atoms with E-state index in [9.17, 15) is 4.79 Å². The average molecular weight is 434 g/mol. The number of nitrogens with one attached hydrogen (secondary N) is 1. The molecule has 0 aliphatic rings. The van der Waals surface area contributed by atoms with Gasteiger partial charge in [0.2, 0.25) is 0 Å². The molecule has 0 aliphatic heterocycles. The van der Waals surface area contributed by atoms with Crippen LogP contribution in [0.5, 0.6) is 5.75 Å². The Bertz CT molecular complexity index is 1360. The van der Waals surface area contributed by atoms with Gasteiger partial charge in [-0.05, 0) is 60.2 Å². The molecule has 1 amide bonds. The molecule has 0 saturated heterocycles. The summed E-state index contributed by atoms with van der Waals surface area (Å²) in [6.07, 6.45) is 3.47. The molecule has 0 saturated carbocycles. The second kappa shape index (κ2) is 9.36. The van der Waals surface area contributed by atoms with Gasteiger partial charge in [0.05, 0.1) is 23.3 Å². The first kappa shape index (κ1) is 20.5. The SMILES string of the molecule is O=C(NCc1ccccn1)c1ccc2c(c1)ncn2-c1ccc(OCc2ccccc2)cc1. The largest absolute Gasteiger partial charge is 0.489 e. The molecule has 33 heavy (non-hydrogen) atoms. The van der Waals surface area contributed by atoms with Gasteiger partial charge in [0.1, 0.15) is 18.7 Å². The molecule has 0 unspecified atom stereocenters. The zero-order valence-corrected chi connectivity index (χ0v) is 17.9. The summed E-state index contributed by atoms with van der Waals surface area (Å²) in [7, 11) is 0. The molecule has 1 N–H and O–H groups in total. The maximum Gasteiger partial charge on any atom is 0.251 e. The van der Waals surface area contributed by atoms with Crippen LogP contribution in [0.25, 0.3) is 16.7 Å². The summed E-state index contributed by atoms with van der Waals surface area (Å²) in [6.45, 7) is 0.907. The normalized spacial score (nSPS) is 10.8. The average Bonchev–Trinajstić information content (AvgIpc) is 3.31. The van der Waals surface area contributed by atoms with Gasteiger partial charge in [-0.15, -0.1) is 0 Å². The summed E-state index contributed by atoms with van der Waals surface area (Å²) >= 11 is 0. The Balaban J connectivity index is 1.27. The molecular formula is C27H22N4O2. The first-order valence-electron chi connectivity index (χ1n) is 10.7. The molecule has 0 fully saturated rings. The van der Waals surface area contributed by atoms with E-state index in [1.165, 1.54) is 0 Å². The Morgan fingerprint density at radius 3 is 2.48 bits per heavy atom. The molecule has 5 rings (SSSR count). The van der Waals surface area contributed by atoms with Crippen molar-refractivity contribution in [3.8, 4) is 11.4 Å². The second-order valence-electron chi connectivity index (χ2n) is 7.59. The summed E-state index contributed by atoms with van der Waals surface area (Å²) in [5.74, 6) is 0.649. The van der Waals surface area contributed by atoms with E-state index in [1.807, 2.05) is 89.5 Å². The van der Waals surface area contributed by atoms with Gasteiger partial charge in [-0.25, -0.2) is 4.98 Å². The van der Waals surface area contributed by atoms with Crippen molar-refractivity contribution in [3.63, 3.8) is 0 Å². The van der Waals surface area contributed by atoms with Crippen LogP contribution in [-0.2, 0) is 13.2 Å². The minimum atomic E-state index is -0.156. The number of nitrogens with zero attached hydrogens (tertiary/aromatic N) is 3. The van der Waals surface area contributed by atoms with E-state index in [1.54, 1.807) is 18.6 Å². The summed E-state index contributed by atoms with van der Waals surface area (Å²) in [5.41, 5.74) is 5.15. The number of amides is 1. The van der Waals surface area contributed by atoms with E-state index < -0.39 is 0 Å². The number of carbonyl (C=O) groups excluding carboxylic acids is 1. The number of ether oxygens (including phenoxy) is 1. The molecule has 5 aromatic rings. The number of hydrogen-bond acceptors (Lipinski definition) is 4. The first-order valence-corrected chi connectivity index (χ1v) is 10.7. The topological polar surface area (TPSA) is 69.0 Å². The smallest absolute Gasteiger partial charge is 0.251 e. The third kappa shape index (κ3) is 4.75. The van der Waals surface area contributed by atoms with Crippen molar-refractivity contribution in [2.24, 2.45) is 0 Å². The maximum atomic E-state index is 12.6. The zero-order valence-electron chi connectivity index (χ0n) is 17.9. The van der Waals surface area contributed by atoms with Crippen LogP contribution in [0, 0.1) is 0 Å². The molecular weight excluding hydrogens is 412 g/mol. The number of fused-ring (bicyclic) bond motifs is 1. The van der Waals surface area contributed by atoms with E-state index in [0.717, 1.165) is 33.7 Å². The monoisotopic (exact) mass is 434 g/mol.